The molecule has 3 N–H and O–H groups in total. The molecule has 6 atom stereocenters. The molecule has 548 valence electrons. The van der Waals surface area contributed by atoms with Crippen molar-refractivity contribution in [1.82, 2.24) is 20.4 Å². The number of thiol groups is 1. The first-order valence-electron chi connectivity index (χ1n) is 34.5. The van der Waals surface area contributed by atoms with E-state index in [1.165, 1.54) is 27.4 Å². The van der Waals surface area contributed by atoms with Gasteiger partial charge in [-0.1, -0.05) is 125 Å². The van der Waals surface area contributed by atoms with Gasteiger partial charge in [0.15, 0.2) is 47.8 Å². The normalized spacial score (nSPS) is 18.4. The monoisotopic (exact) mass is 1520 g/mol. The van der Waals surface area contributed by atoms with Crippen LogP contribution in [0.3, 0.4) is 0 Å². The fourth-order valence-electron chi connectivity index (χ4n) is 14.4. The number of halogens is 4. The van der Waals surface area contributed by atoms with E-state index in [0.29, 0.717) is 48.5 Å². The molecule has 20 nitrogen and oxygen atoms in total. The number of methoxy groups -OCH3 is 3. The predicted molar refractivity (Wildman–Crippen MR) is 400 cm³/mol. The van der Waals surface area contributed by atoms with E-state index >= 15 is 4.79 Å². The molecular weight excluding hydrogens is 1440 g/mol. The molecule has 0 bridgehead atoms. The van der Waals surface area contributed by atoms with E-state index < -0.39 is 57.5 Å². The Hall–Kier alpha value is -7.61. The van der Waals surface area contributed by atoms with Crippen molar-refractivity contribution in [3.05, 3.63) is 230 Å². The highest BCUT2D eigenvalue weighted by Crippen LogP contribution is 2.74. The number of carboxylic acid groups (broad SMARTS) is 1. The Morgan fingerprint density at radius 2 is 1.18 bits per heavy atom. The first-order chi connectivity index (χ1) is 49.8. The number of nitrogens with one attached hydrogen (secondary N) is 2. The first-order valence-corrected chi connectivity index (χ1v) is 38.1. The average molecular weight is 1530 g/mol. The lowest BCUT2D eigenvalue weighted by atomic mass is 9.72. The molecule has 4 aliphatic rings. The summed E-state index contributed by atoms with van der Waals surface area (Å²) in [5.74, 6) is -3.74. The van der Waals surface area contributed by atoms with Gasteiger partial charge in [-0.3, -0.25) is 10.1 Å². The smallest absolute Gasteiger partial charge is 0.348 e. The van der Waals surface area contributed by atoms with Crippen LogP contribution >= 0.6 is 68.6 Å². The Balaban J connectivity index is 1.11. The van der Waals surface area contributed by atoms with Gasteiger partial charge in [-0.2, -0.15) is 20.4 Å². The Morgan fingerprint density at radius 1 is 0.641 bits per heavy atom. The summed E-state index contributed by atoms with van der Waals surface area (Å²) in [7, 11) is 5.79. The van der Waals surface area contributed by atoms with Crippen LogP contribution in [0.25, 0.3) is 0 Å². The average Bonchev–Trinajstić information content (AvgIpc) is 1.67. The van der Waals surface area contributed by atoms with Gasteiger partial charge >= 0.3 is 23.9 Å². The molecule has 3 fully saturated rings. The molecule has 0 amide bonds. The number of carbonyl (C=O) groups excluding carboxylic acids is 3. The number of pyridine rings is 2. The van der Waals surface area contributed by atoms with Crippen LogP contribution in [-0.4, -0.2) is 133 Å². The number of aromatic nitrogens is 2. The second kappa shape index (κ2) is 35.4. The van der Waals surface area contributed by atoms with Gasteiger partial charge in [0.25, 0.3) is 0 Å². The van der Waals surface area contributed by atoms with Gasteiger partial charge in [-0.15, -0.1) is 11.3 Å². The van der Waals surface area contributed by atoms with Gasteiger partial charge in [0.1, 0.15) is 37.1 Å². The number of aliphatic carboxylic acids is 1. The van der Waals surface area contributed by atoms with E-state index in [9.17, 15) is 29.9 Å². The molecule has 1 aliphatic carbocycles. The molecule has 0 radical (unpaired) electrons. The van der Waals surface area contributed by atoms with E-state index in [-0.39, 0.29) is 115 Å². The fourth-order valence-corrected chi connectivity index (χ4v) is 20.3. The maximum atomic E-state index is 16.2. The van der Waals surface area contributed by atoms with E-state index in [0.717, 1.165) is 119 Å². The van der Waals surface area contributed by atoms with Crippen molar-refractivity contribution in [1.29, 1.82) is 0 Å². The number of ether oxygens (including phenoxy) is 7. The SMILES string of the molecule is COc1ccc([C@H](OC(=O)c2ccc(CNCC(C(=O)OCC3CCN(C)CC3)c3ccccc3)s2)C(c2c(Cl)c[n+]([O-])cc2Cl)(C(Cc2c(Cl)c[n+]([O-])cc2Cl)c2ccc(OC)c(OC3CCCC3)c2)[SH]2C(CNC(C(=O)OCC3CCN(C)CC3)c3ccccc3)=CC=C2C(=O)O)cc1OC. The van der Waals surface area contributed by atoms with Crippen LogP contribution in [0.4, 0.5) is 0 Å². The molecule has 1 saturated carbocycles. The molecule has 3 aliphatic heterocycles. The molecule has 11 rings (SSSR count). The lowest BCUT2D eigenvalue weighted by molar-refractivity contribution is -0.605. The number of hydrogen-bond donors (Lipinski definition) is 4. The molecule has 2 saturated heterocycles. The first kappa shape index (κ1) is 76.5. The number of likely N-dealkylation sites (tertiary alicyclic amines) is 2. The Labute approximate surface area is 627 Å². The van der Waals surface area contributed by atoms with Crippen molar-refractivity contribution < 1.29 is 66.9 Å². The number of carboxylic acids is 1. The van der Waals surface area contributed by atoms with E-state index in [1.54, 1.807) is 78.9 Å². The maximum absolute atomic E-state index is 16.2. The minimum atomic E-state index is -2.77. The predicted octanol–water partition coefficient (Wildman–Crippen LogP) is 13.6. The van der Waals surface area contributed by atoms with Gasteiger partial charge in [0.2, 0.25) is 0 Å². The third kappa shape index (κ3) is 18.2. The molecule has 103 heavy (non-hydrogen) atoms. The van der Waals surface area contributed by atoms with E-state index in [4.69, 9.17) is 79.6 Å². The zero-order valence-corrected chi connectivity index (χ0v) is 62.8. The number of rotatable bonds is 31. The van der Waals surface area contributed by atoms with Gasteiger partial charge in [-0.25, -0.2) is 14.4 Å². The number of carbonyl (C=O) groups is 4. The van der Waals surface area contributed by atoms with Gasteiger partial charge in [0, 0.05) is 41.6 Å². The van der Waals surface area contributed by atoms with Crippen LogP contribution in [0.1, 0.15) is 123 Å². The number of hydrogen-bond acceptors (Lipinski definition) is 18. The van der Waals surface area contributed by atoms with Crippen molar-refractivity contribution in [2.75, 3.05) is 87.9 Å². The number of piperidine rings is 2. The molecule has 6 heterocycles. The number of allylic oxidation sites excluding steroid dienone is 2. The molecule has 4 aromatic carbocycles. The largest absolute Gasteiger partial charge is 0.619 e. The third-order valence-electron chi connectivity index (χ3n) is 19.9. The fraction of sp³-hybridized carbons (Fsp3) is 0.403. The Morgan fingerprint density at radius 3 is 1.77 bits per heavy atom. The van der Waals surface area contributed by atoms with Gasteiger partial charge < -0.3 is 63.8 Å². The number of nitrogens with zero attached hydrogens (tertiary/aromatic N) is 4. The highest BCUT2D eigenvalue weighted by atomic mass is 35.5. The molecule has 26 heteroatoms. The van der Waals surface area contributed by atoms with Crippen molar-refractivity contribution in [3.8, 4) is 23.0 Å². The number of benzene rings is 4. The minimum Gasteiger partial charge on any atom is -0.619 e. The van der Waals surface area contributed by atoms with Crippen molar-refractivity contribution in [2.24, 2.45) is 11.8 Å². The minimum absolute atomic E-state index is 0.0474. The van der Waals surface area contributed by atoms with Crippen molar-refractivity contribution in [2.45, 2.75) is 99.2 Å². The lowest BCUT2D eigenvalue weighted by Crippen LogP contribution is -2.46. The summed E-state index contributed by atoms with van der Waals surface area (Å²) in [5.41, 5.74) is 2.07. The van der Waals surface area contributed by atoms with Gasteiger partial charge in [-0.05, 0) is 180 Å². The maximum Gasteiger partial charge on any atom is 0.348 e. The van der Waals surface area contributed by atoms with E-state index in [2.05, 4.69) is 34.5 Å². The van der Waals surface area contributed by atoms with Crippen LogP contribution in [0.5, 0.6) is 23.0 Å². The third-order valence-corrected chi connectivity index (χ3v) is 25.4. The highest BCUT2D eigenvalue weighted by Gasteiger charge is 2.60. The standard InChI is InChI=1S/C77H86Cl4N6O14S2/c1-84-32-28-48(29-33-84)46-98-74(90)58(50-14-8-6-9-15-50)41-82-39-55-22-26-68(102-55)75(91)101-72(53-21-25-64(95-3)66(37-53)97-5)77(70-62(80)44-87(94)45-63(70)81,59(38-57-60(78)42-86(93)43-61(57)79)52-20-24-65(96-4)67(36-52)100-54-18-12-13-19-54)103-56(23-27-69(103)73(88)89)40-83-71(51-16-10-7-11-17-51)76(92)99-47-49-30-34-85(2)35-31-49/h6-11,14-17,20-27,36-37,42-45,48-49,54,58-59,71-72,82-83,103H,12-13,18-19,28-35,38-41,46-47H2,1-5H3,(H,88,89)/t58?,59?,71?,72-,77?/m0/s1. The summed E-state index contributed by atoms with van der Waals surface area (Å²) >= 11 is 31.3. The Kier molecular flexibility index (Phi) is 26.3. The summed E-state index contributed by atoms with van der Waals surface area (Å²) in [4.78, 5) is 65.6. The van der Waals surface area contributed by atoms with Crippen LogP contribution in [0, 0.1) is 22.3 Å². The molecule has 5 unspecified atom stereocenters. The zero-order chi connectivity index (χ0) is 72.9. The summed E-state index contributed by atoms with van der Waals surface area (Å²) in [6, 6.07) is 30.9. The highest BCUT2D eigenvalue weighted by molar-refractivity contribution is 8.25. The van der Waals surface area contributed by atoms with Crippen molar-refractivity contribution >= 4 is 92.5 Å². The van der Waals surface area contributed by atoms with Crippen LogP contribution in [0.15, 0.2) is 156 Å². The van der Waals surface area contributed by atoms with Crippen molar-refractivity contribution in [3.63, 3.8) is 0 Å². The lowest BCUT2D eigenvalue weighted by Gasteiger charge is -2.53. The van der Waals surface area contributed by atoms with Crippen LogP contribution < -0.4 is 39.0 Å². The summed E-state index contributed by atoms with van der Waals surface area (Å²) < 4.78 is 43.1. The summed E-state index contributed by atoms with van der Waals surface area (Å²) in [6.45, 7) is 4.22. The quantitative estimate of drug-likeness (QED) is 0.0104. The number of thiophene rings is 1. The second-order valence-electron chi connectivity index (χ2n) is 26.6. The molecule has 0 spiro atoms. The second-order valence-corrected chi connectivity index (χ2v) is 31.9. The molecular formula is C77H86Cl4N6O14S2. The molecule has 7 aromatic rings. The van der Waals surface area contributed by atoms with Crippen LogP contribution in [0.2, 0.25) is 20.1 Å². The topological polar surface area (TPSA) is 238 Å². The zero-order valence-electron chi connectivity index (χ0n) is 58.0. The summed E-state index contributed by atoms with van der Waals surface area (Å²) in [6.07, 6.45) is 12.1. The van der Waals surface area contributed by atoms with E-state index in [1.807, 2.05) is 36.4 Å². The summed E-state index contributed by atoms with van der Waals surface area (Å²) in [5, 5.41) is 45.8. The Bertz CT molecular complexity index is 4140. The number of esters is 3. The molecule has 3 aromatic heterocycles. The van der Waals surface area contributed by atoms with Crippen LogP contribution in [-0.2, 0) is 46.3 Å². The van der Waals surface area contributed by atoms with Gasteiger partial charge in [0.05, 0.1) is 56.2 Å².